The maximum Gasteiger partial charge on any atom is 0.123 e. The first kappa shape index (κ1) is 11.7. The van der Waals surface area contributed by atoms with E-state index in [0.717, 1.165) is 13.0 Å². The van der Waals surface area contributed by atoms with Crippen molar-refractivity contribution in [2.75, 3.05) is 6.61 Å². The number of nitrogens with one attached hydrogen (secondary N) is 1. The SMILES string of the molecule is Cc1cccc(C2OCCc3c2[nH]c2ccccc32)c1. The van der Waals surface area contributed by atoms with E-state index in [0.29, 0.717) is 0 Å². The molecule has 1 aromatic heterocycles. The lowest BCUT2D eigenvalue weighted by Crippen LogP contribution is -2.16. The van der Waals surface area contributed by atoms with Gasteiger partial charge in [0.2, 0.25) is 0 Å². The van der Waals surface area contributed by atoms with Crippen LogP contribution >= 0.6 is 0 Å². The van der Waals surface area contributed by atoms with Crippen LogP contribution in [0.5, 0.6) is 0 Å². The van der Waals surface area contributed by atoms with E-state index in [2.05, 4.69) is 60.4 Å². The predicted octanol–water partition coefficient (Wildman–Crippen LogP) is 4.14. The van der Waals surface area contributed by atoms with E-state index < -0.39 is 0 Å². The van der Waals surface area contributed by atoms with Crippen molar-refractivity contribution in [2.24, 2.45) is 0 Å². The zero-order valence-corrected chi connectivity index (χ0v) is 11.5. The van der Waals surface area contributed by atoms with Gasteiger partial charge in [0, 0.05) is 10.9 Å². The fraction of sp³-hybridized carbons (Fsp3) is 0.222. The summed E-state index contributed by atoms with van der Waals surface area (Å²) in [6.07, 6.45) is 1.02. The fourth-order valence-corrected chi connectivity index (χ4v) is 3.17. The summed E-state index contributed by atoms with van der Waals surface area (Å²) >= 11 is 0. The average molecular weight is 263 g/mol. The summed E-state index contributed by atoms with van der Waals surface area (Å²) in [7, 11) is 0. The molecule has 0 saturated heterocycles. The number of benzene rings is 2. The highest BCUT2D eigenvalue weighted by molar-refractivity contribution is 5.85. The normalized spacial score (nSPS) is 18.1. The average Bonchev–Trinajstić information content (AvgIpc) is 2.86. The van der Waals surface area contributed by atoms with E-state index in [9.17, 15) is 0 Å². The molecule has 1 atom stereocenters. The Kier molecular flexibility index (Phi) is 2.64. The first-order valence-electron chi connectivity index (χ1n) is 7.10. The molecule has 0 amide bonds. The van der Waals surface area contributed by atoms with E-state index in [1.54, 1.807) is 0 Å². The van der Waals surface area contributed by atoms with Crippen LogP contribution in [0.3, 0.4) is 0 Å². The van der Waals surface area contributed by atoms with Gasteiger partial charge in [-0.15, -0.1) is 0 Å². The molecule has 2 aromatic carbocycles. The van der Waals surface area contributed by atoms with Crippen molar-refractivity contribution in [1.82, 2.24) is 4.98 Å². The molecule has 2 heteroatoms. The predicted molar refractivity (Wildman–Crippen MR) is 81.0 cm³/mol. The number of H-pyrrole nitrogens is 1. The number of aromatic nitrogens is 1. The van der Waals surface area contributed by atoms with Crippen molar-refractivity contribution >= 4 is 10.9 Å². The summed E-state index contributed by atoms with van der Waals surface area (Å²) in [4.78, 5) is 3.56. The van der Waals surface area contributed by atoms with Crippen molar-refractivity contribution in [1.29, 1.82) is 0 Å². The van der Waals surface area contributed by atoms with Gasteiger partial charge in [0.25, 0.3) is 0 Å². The van der Waals surface area contributed by atoms with E-state index in [4.69, 9.17) is 4.74 Å². The molecule has 1 N–H and O–H groups in total. The number of rotatable bonds is 1. The van der Waals surface area contributed by atoms with Crippen LogP contribution in [-0.4, -0.2) is 11.6 Å². The maximum absolute atomic E-state index is 6.04. The minimum atomic E-state index is 0.0334. The molecule has 0 saturated carbocycles. The second kappa shape index (κ2) is 4.50. The second-order valence-corrected chi connectivity index (χ2v) is 5.48. The third kappa shape index (κ3) is 1.76. The highest BCUT2D eigenvalue weighted by atomic mass is 16.5. The Morgan fingerprint density at radius 1 is 1.10 bits per heavy atom. The van der Waals surface area contributed by atoms with Crippen LogP contribution in [0.4, 0.5) is 0 Å². The monoisotopic (exact) mass is 263 g/mol. The summed E-state index contributed by atoms with van der Waals surface area (Å²) in [6.45, 7) is 2.91. The van der Waals surface area contributed by atoms with Gasteiger partial charge in [0.05, 0.1) is 12.3 Å². The molecular weight excluding hydrogens is 246 g/mol. The molecule has 100 valence electrons. The minimum absolute atomic E-state index is 0.0334. The fourth-order valence-electron chi connectivity index (χ4n) is 3.17. The molecule has 2 nitrogen and oxygen atoms in total. The van der Waals surface area contributed by atoms with Gasteiger partial charge in [-0.05, 0) is 30.5 Å². The Bertz CT molecular complexity index is 772. The Morgan fingerprint density at radius 2 is 2.00 bits per heavy atom. The van der Waals surface area contributed by atoms with Gasteiger partial charge < -0.3 is 9.72 Å². The van der Waals surface area contributed by atoms with Gasteiger partial charge in [0.1, 0.15) is 6.10 Å². The smallest absolute Gasteiger partial charge is 0.123 e. The molecule has 1 unspecified atom stereocenters. The van der Waals surface area contributed by atoms with Gasteiger partial charge >= 0.3 is 0 Å². The van der Waals surface area contributed by atoms with Crippen LogP contribution in [0, 0.1) is 6.92 Å². The van der Waals surface area contributed by atoms with Gasteiger partial charge in [0.15, 0.2) is 0 Å². The molecule has 0 fully saturated rings. The maximum atomic E-state index is 6.04. The molecule has 1 aliphatic rings. The Hall–Kier alpha value is -2.06. The third-order valence-electron chi connectivity index (χ3n) is 4.09. The Labute approximate surface area is 118 Å². The van der Waals surface area contributed by atoms with E-state index in [-0.39, 0.29) is 6.10 Å². The molecule has 0 aliphatic carbocycles. The number of ether oxygens (including phenoxy) is 1. The van der Waals surface area contributed by atoms with Crippen molar-refractivity contribution in [3.63, 3.8) is 0 Å². The molecular formula is C18H17NO. The lowest BCUT2D eigenvalue weighted by molar-refractivity contribution is 0.0677. The summed E-state index contributed by atoms with van der Waals surface area (Å²) in [5.41, 5.74) is 6.36. The van der Waals surface area contributed by atoms with Gasteiger partial charge in [-0.3, -0.25) is 0 Å². The topological polar surface area (TPSA) is 25.0 Å². The molecule has 1 aliphatic heterocycles. The van der Waals surface area contributed by atoms with Crippen LogP contribution < -0.4 is 0 Å². The van der Waals surface area contributed by atoms with Crippen LogP contribution in [0.2, 0.25) is 0 Å². The van der Waals surface area contributed by atoms with Gasteiger partial charge in [-0.25, -0.2) is 0 Å². The van der Waals surface area contributed by atoms with Crippen LogP contribution in [0.1, 0.15) is 28.5 Å². The molecule has 4 rings (SSSR count). The lowest BCUT2D eigenvalue weighted by atomic mass is 9.97. The first-order valence-corrected chi connectivity index (χ1v) is 7.10. The molecule has 0 spiro atoms. The van der Waals surface area contributed by atoms with Crippen molar-refractivity contribution < 1.29 is 4.74 Å². The number of aryl methyl sites for hydroxylation is 1. The van der Waals surface area contributed by atoms with Crippen LogP contribution in [0.15, 0.2) is 48.5 Å². The minimum Gasteiger partial charge on any atom is -0.367 e. The standard InChI is InChI=1S/C18H17NO/c1-12-5-4-6-13(11-12)18-17-15(9-10-20-18)14-7-2-3-8-16(14)19-17/h2-8,11,18-19H,9-10H2,1H3. The van der Waals surface area contributed by atoms with Crippen LogP contribution in [0.25, 0.3) is 10.9 Å². The van der Waals surface area contributed by atoms with E-state index in [1.807, 2.05) is 0 Å². The highest BCUT2D eigenvalue weighted by Crippen LogP contribution is 2.36. The number of para-hydroxylation sites is 1. The van der Waals surface area contributed by atoms with Gasteiger partial charge in [-0.1, -0.05) is 48.0 Å². The van der Waals surface area contributed by atoms with Crippen molar-refractivity contribution in [2.45, 2.75) is 19.4 Å². The molecule has 3 aromatic rings. The lowest BCUT2D eigenvalue weighted by Gasteiger charge is -2.24. The van der Waals surface area contributed by atoms with E-state index in [1.165, 1.54) is 33.3 Å². The summed E-state index contributed by atoms with van der Waals surface area (Å²) in [5, 5.41) is 1.34. The number of hydrogen-bond donors (Lipinski definition) is 1. The largest absolute Gasteiger partial charge is 0.367 e. The van der Waals surface area contributed by atoms with E-state index >= 15 is 0 Å². The number of fused-ring (bicyclic) bond motifs is 3. The molecule has 0 radical (unpaired) electrons. The zero-order chi connectivity index (χ0) is 13.5. The quantitative estimate of drug-likeness (QED) is 0.701. The molecule has 0 bridgehead atoms. The van der Waals surface area contributed by atoms with Gasteiger partial charge in [-0.2, -0.15) is 0 Å². The molecule has 20 heavy (non-hydrogen) atoms. The summed E-state index contributed by atoms with van der Waals surface area (Å²) < 4.78 is 6.04. The third-order valence-corrected chi connectivity index (χ3v) is 4.09. The van der Waals surface area contributed by atoms with Crippen molar-refractivity contribution in [3.8, 4) is 0 Å². The Balaban J connectivity index is 1.90. The van der Waals surface area contributed by atoms with Crippen molar-refractivity contribution in [3.05, 3.63) is 70.9 Å². The second-order valence-electron chi connectivity index (χ2n) is 5.48. The summed E-state index contributed by atoms with van der Waals surface area (Å²) in [5.74, 6) is 0. The number of hydrogen-bond acceptors (Lipinski definition) is 1. The summed E-state index contributed by atoms with van der Waals surface area (Å²) in [6, 6.07) is 17.1. The zero-order valence-electron chi connectivity index (χ0n) is 11.5. The molecule has 2 heterocycles. The highest BCUT2D eigenvalue weighted by Gasteiger charge is 2.26. The Morgan fingerprint density at radius 3 is 2.90 bits per heavy atom. The van der Waals surface area contributed by atoms with Crippen LogP contribution in [-0.2, 0) is 11.2 Å². The number of aromatic amines is 1. The first-order chi connectivity index (χ1) is 9.83.